The first-order valence-corrected chi connectivity index (χ1v) is 31.8. The van der Waals surface area contributed by atoms with Gasteiger partial charge in [0.05, 0.1) is 91.3 Å². The lowest BCUT2D eigenvalue weighted by Gasteiger charge is -2.26. The van der Waals surface area contributed by atoms with E-state index in [1.165, 1.54) is 4.90 Å². The molecule has 0 aliphatic heterocycles. The summed E-state index contributed by atoms with van der Waals surface area (Å²) in [6, 6.07) is 41.5. The van der Waals surface area contributed by atoms with Crippen LogP contribution in [-0.4, -0.2) is 105 Å². The standard InChI is InChI=1S/C26H31BrN4O4.C26H29BrN4O3.C17H16BrN3O/c1-6-31(25(33)35-26(2,3)4)16-23(32)30-22-15-28-21-13-18(27)9-12-20(21)24(22)29-14-17-7-10-19(34-5)11-8-17;1-6-30(25(32)34-26(2,3)4)16-23-29-22-14-28-21-13-18(27)9-12-20(21)24(22)31(23)15-17-7-10-19(33-5)11-8-17;1-22-13-5-2-11(3-6-13)9-21-17-14-7-4-12(18)8-16(14)20-10-15(17)19/h7-13,15H,6,14,16H2,1-5H3,(H,28,29)(H,30,32);7-14H,6,15-16H2,1-5H3;2-8,10H,9,19H2,1H3,(H,20,21). The van der Waals surface area contributed by atoms with E-state index in [9.17, 15) is 14.4 Å². The van der Waals surface area contributed by atoms with Gasteiger partial charge in [0.25, 0.3) is 0 Å². The number of likely N-dealkylation sites (N-methyl/N-ethyl adjacent to an activating group) is 1. The minimum atomic E-state index is -0.643. The molecule has 0 saturated heterocycles. The van der Waals surface area contributed by atoms with E-state index in [1.54, 1.807) is 72.5 Å². The molecule has 0 bridgehead atoms. The lowest BCUT2D eigenvalue weighted by Crippen LogP contribution is -2.41. The number of hydrogen-bond acceptors (Lipinski definition) is 15. The van der Waals surface area contributed by atoms with Crippen LogP contribution in [0.15, 0.2) is 159 Å². The lowest BCUT2D eigenvalue weighted by molar-refractivity contribution is -0.117. The number of fused-ring (bicyclic) bond motifs is 5. The maximum Gasteiger partial charge on any atom is 0.410 e. The smallest absolute Gasteiger partial charge is 0.410 e. The highest BCUT2D eigenvalue weighted by Crippen LogP contribution is 2.34. The Bertz CT molecular complexity index is 4160. The highest BCUT2D eigenvalue weighted by Gasteiger charge is 2.26. The van der Waals surface area contributed by atoms with E-state index in [0.717, 1.165) is 108 Å². The van der Waals surface area contributed by atoms with Gasteiger partial charge in [-0.1, -0.05) is 84.2 Å². The van der Waals surface area contributed by atoms with Gasteiger partial charge in [-0.05, 0) is 163 Å². The zero-order chi connectivity index (χ0) is 65.6. The Balaban J connectivity index is 0.000000181. The molecule has 4 heterocycles. The van der Waals surface area contributed by atoms with E-state index >= 15 is 0 Å². The van der Waals surface area contributed by atoms with Gasteiger partial charge in [0.2, 0.25) is 5.91 Å². The summed E-state index contributed by atoms with van der Waals surface area (Å²) < 4.78 is 31.8. The maximum absolute atomic E-state index is 12.9. The zero-order valence-electron chi connectivity index (χ0n) is 52.9. The fraction of sp³-hybridized carbons (Fsp3) is 0.290. The van der Waals surface area contributed by atoms with Crippen molar-refractivity contribution in [1.82, 2.24) is 34.3 Å². The van der Waals surface area contributed by atoms with Crippen LogP contribution in [0.25, 0.3) is 43.7 Å². The molecule has 0 fully saturated rings. The fourth-order valence-corrected chi connectivity index (χ4v) is 10.6. The molecule has 91 heavy (non-hydrogen) atoms. The van der Waals surface area contributed by atoms with Gasteiger partial charge in [-0.2, -0.15) is 0 Å². The van der Waals surface area contributed by atoms with Crippen LogP contribution in [0.3, 0.4) is 0 Å². The molecule has 0 spiro atoms. The van der Waals surface area contributed by atoms with E-state index in [0.29, 0.717) is 50.6 Å². The summed E-state index contributed by atoms with van der Waals surface area (Å²) in [4.78, 5) is 59.6. The highest BCUT2D eigenvalue weighted by atomic mass is 79.9. The van der Waals surface area contributed by atoms with E-state index in [1.807, 2.05) is 149 Å². The number of halogens is 3. The third kappa shape index (κ3) is 18.7. The molecular formula is C69H76Br3N11O8. The average Bonchev–Trinajstić information content (AvgIpc) is 1.66. The maximum atomic E-state index is 12.9. The quantitative estimate of drug-likeness (QED) is 0.0627. The molecule has 6 aromatic carbocycles. The summed E-state index contributed by atoms with van der Waals surface area (Å²) in [5, 5.41) is 12.6. The third-order valence-electron chi connectivity index (χ3n) is 14.1. The number of methoxy groups -OCH3 is 3. The van der Waals surface area contributed by atoms with Crippen molar-refractivity contribution in [2.24, 2.45) is 0 Å². The zero-order valence-corrected chi connectivity index (χ0v) is 57.7. The molecule has 4 aromatic heterocycles. The molecule has 0 aliphatic rings. The van der Waals surface area contributed by atoms with Gasteiger partial charge in [-0.15, -0.1) is 0 Å². The van der Waals surface area contributed by atoms with Gasteiger partial charge in [-0.3, -0.25) is 24.6 Å². The largest absolute Gasteiger partial charge is 0.497 e. The van der Waals surface area contributed by atoms with Crippen molar-refractivity contribution in [1.29, 1.82) is 0 Å². The molecule has 0 atom stereocenters. The van der Waals surface area contributed by atoms with Crippen LogP contribution in [0.5, 0.6) is 17.2 Å². The Kier molecular flexibility index (Phi) is 23.1. The van der Waals surface area contributed by atoms with Crippen molar-refractivity contribution in [3.05, 3.63) is 182 Å². The average molecular weight is 1430 g/mol. The summed E-state index contributed by atoms with van der Waals surface area (Å²) >= 11 is 10.5. The molecule has 0 radical (unpaired) electrons. The minimum Gasteiger partial charge on any atom is -0.497 e. The molecule has 3 amide bonds. The number of hydrogen-bond donors (Lipinski definition) is 4. The summed E-state index contributed by atoms with van der Waals surface area (Å²) in [7, 11) is 4.95. The van der Waals surface area contributed by atoms with Crippen LogP contribution in [0, 0.1) is 0 Å². The van der Waals surface area contributed by atoms with Crippen LogP contribution < -0.4 is 35.9 Å². The number of carbonyl (C=O) groups is 3. The van der Waals surface area contributed by atoms with Crippen molar-refractivity contribution < 1.29 is 38.1 Å². The predicted octanol–water partition coefficient (Wildman–Crippen LogP) is 16.2. The number of imidazole rings is 1. The summed E-state index contributed by atoms with van der Waals surface area (Å²) in [6.07, 6.45) is 4.21. The summed E-state index contributed by atoms with van der Waals surface area (Å²) in [5.41, 5.74) is 15.3. The van der Waals surface area contributed by atoms with Crippen LogP contribution >= 0.6 is 47.8 Å². The van der Waals surface area contributed by atoms with E-state index in [4.69, 9.17) is 34.4 Å². The Morgan fingerprint density at radius 1 is 0.538 bits per heavy atom. The number of nitrogen functional groups attached to an aromatic ring is 1. The van der Waals surface area contributed by atoms with Crippen LogP contribution in [0.4, 0.5) is 32.3 Å². The Labute approximate surface area is 555 Å². The molecule has 22 heteroatoms. The predicted molar refractivity (Wildman–Crippen MR) is 373 cm³/mol. The second-order valence-electron chi connectivity index (χ2n) is 23.0. The number of aromatic nitrogens is 5. The van der Waals surface area contributed by atoms with Crippen molar-refractivity contribution in [3.63, 3.8) is 0 Å². The molecule has 0 saturated carbocycles. The monoisotopic (exact) mass is 1420 g/mol. The fourth-order valence-electron chi connectivity index (χ4n) is 9.54. The van der Waals surface area contributed by atoms with Gasteiger partial charge in [0.1, 0.15) is 46.3 Å². The number of benzene rings is 6. The molecule has 5 N–H and O–H groups in total. The topological polar surface area (TPSA) is 222 Å². The molecule has 19 nitrogen and oxygen atoms in total. The molecule has 0 unspecified atom stereocenters. The third-order valence-corrected chi connectivity index (χ3v) is 15.5. The number of pyridine rings is 3. The summed E-state index contributed by atoms with van der Waals surface area (Å²) in [5.74, 6) is 2.87. The van der Waals surface area contributed by atoms with Gasteiger partial charge >= 0.3 is 12.2 Å². The summed E-state index contributed by atoms with van der Waals surface area (Å²) in [6.45, 7) is 17.6. The molecule has 0 aliphatic carbocycles. The lowest BCUT2D eigenvalue weighted by atomic mass is 10.1. The van der Waals surface area contributed by atoms with E-state index < -0.39 is 17.3 Å². The number of ether oxygens (including phenoxy) is 5. The van der Waals surface area contributed by atoms with Gasteiger partial charge < -0.3 is 54.8 Å². The van der Waals surface area contributed by atoms with Crippen molar-refractivity contribution in [2.45, 2.75) is 92.8 Å². The SMILES string of the molecule is CCN(CC(=O)Nc1cnc2cc(Br)ccc2c1NCc1ccc(OC)cc1)C(=O)OC(C)(C)C.CCN(Cc1nc2cnc3cc(Br)ccc3c2n1Cc1ccc(OC)cc1)C(=O)OC(C)(C)C.COc1ccc(CNc2c(N)cnc3cc(Br)ccc23)cc1. The Hall–Kier alpha value is -8.73. The second-order valence-corrected chi connectivity index (χ2v) is 25.8. The van der Waals surface area contributed by atoms with Gasteiger partial charge in [0, 0.05) is 62.3 Å². The number of amides is 3. The van der Waals surface area contributed by atoms with Crippen LogP contribution in [0.1, 0.15) is 77.9 Å². The normalized spacial score (nSPS) is 11.2. The molecule has 10 rings (SSSR count). The first-order valence-electron chi connectivity index (χ1n) is 29.4. The van der Waals surface area contributed by atoms with Crippen LogP contribution in [-0.2, 0) is 40.4 Å². The van der Waals surface area contributed by atoms with Gasteiger partial charge in [0.15, 0.2) is 0 Å². The number of nitrogens with two attached hydrogens (primary N) is 1. The second kappa shape index (κ2) is 30.9. The number of carbonyl (C=O) groups excluding carboxylic acids is 3. The Morgan fingerprint density at radius 2 is 0.967 bits per heavy atom. The van der Waals surface area contributed by atoms with E-state index in [2.05, 4.69) is 89.3 Å². The van der Waals surface area contributed by atoms with Crippen molar-refractivity contribution in [2.75, 3.05) is 62.6 Å². The molecular weight excluding hydrogens is 1350 g/mol. The highest BCUT2D eigenvalue weighted by molar-refractivity contribution is 9.11. The van der Waals surface area contributed by atoms with Crippen molar-refractivity contribution in [3.8, 4) is 17.2 Å². The number of nitrogens with one attached hydrogen (secondary N) is 3. The van der Waals surface area contributed by atoms with E-state index in [-0.39, 0.29) is 18.5 Å². The molecule has 10 aromatic rings. The Morgan fingerprint density at radius 3 is 1.45 bits per heavy atom. The first-order chi connectivity index (χ1) is 43.4. The number of rotatable bonds is 18. The van der Waals surface area contributed by atoms with Gasteiger partial charge in [-0.25, -0.2) is 14.6 Å². The first kappa shape index (κ1) is 68.2. The van der Waals surface area contributed by atoms with Crippen LogP contribution in [0.2, 0.25) is 0 Å². The number of nitrogens with zero attached hydrogens (tertiary/aromatic N) is 7. The van der Waals surface area contributed by atoms with Crippen molar-refractivity contribution >= 4 is 132 Å². The molecule has 476 valence electrons. The minimum absolute atomic E-state index is 0.137. The number of anilines is 4.